The SMILES string of the molecule is NC(=O)c1ccc(N2CCC[C@H]2C(=O)O)c(-c2cc3nccc(-c4ccccc4)c3o2)c1. The monoisotopic (exact) mass is 427 g/mol. The van der Waals surface area contributed by atoms with E-state index in [0.717, 1.165) is 17.5 Å². The Morgan fingerprint density at radius 2 is 1.88 bits per heavy atom. The molecule has 32 heavy (non-hydrogen) atoms. The van der Waals surface area contributed by atoms with E-state index in [-0.39, 0.29) is 0 Å². The van der Waals surface area contributed by atoms with Crippen molar-refractivity contribution in [2.45, 2.75) is 18.9 Å². The number of amides is 1. The van der Waals surface area contributed by atoms with Gasteiger partial charge in [0.05, 0.1) is 0 Å². The van der Waals surface area contributed by atoms with E-state index in [0.29, 0.717) is 46.6 Å². The summed E-state index contributed by atoms with van der Waals surface area (Å²) in [6.07, 6.45) is 3.06. The van der Waals surface area contributed by atoms with E-state index >= 15 is 0 Å². The molecular weight excluding hydrogens is 406 g/mol. The van der Waals surface area contributed by atoms with E-state index in [4.69, 9.17) is 10.2 Å². The number of aliphatic carboxylic acids is 1. The second-order valence-corrected chi connectivity index (χ2v) is 7.84. The molecule has 3 heterocycles. The molecule has 1 aliphatic rings. The summed E-state index contributed by atoms with van der Waals surface area (Å²) in [7, 11) is 0. The lowest BCUT2D eigenvalue weighted by atomic mass is 10.0. The standard InChI is InChI=1S/C25H21N3O4/c26-24(29)16-8-9-20(28-12-4-7-21(28)25(30)31)18(13-16)22-14-19-23(32-22)17(10-11-27-19)15-5-2-1-3-6-15/h1-3,5-6,8-11,13-14,21H,4,7,12H2,(H2,26,29)(H,30,31)/t21-/m0/s1. The number of fused-ring (bicyclic) bond motifs is 1. The Kier molecular flexibility index (Phi) is 4.86. The summed E-state index contributed by atoms with van der Waals surface area (Å²) in [5.41, 5.74) is 10.4. The number of primary amides is 1. The summed E-state index contributed by atoms with van der Waals surface area (Å²) in [6, 6.07) is 18.0. The summed E-state index contributed by atoms with van der Waals surface area (Å²) in [4.78, 5) is 30.0. The van der Waals surface area contributed by atoms with Crippen LogP contribution in [0.1, 0.15) is 23.2 Å². The van der Waals surface area contributed by atoms with E-state index in [9.17, 15) is 14.7 Å². The van der Waals surface area contributed by atoms with Crippen molar-refractivity contribution in [2.24, 2.45) is 5.73 Å². The van der Waals surface area contributed by atoms with Gasteiger partial charge < -0.3 is 20.2 Å². The number of carboxylic acid groups (broad SMARTS) is 1. The lowest BCUT2D eigenvalue weighted by Gasteiger charge is -2.26. The highest BCUT2D eigenvalue weighted by molar-refractivity contribution is 5.98. The molecule has 1 saturated heterocycles. The second kappa shape index (κ2) is 7.85. The highest BCUT2D eigenvalue weighted by atomic mass is 16.4. The molecule has 0 bridgehead atoms. The molecule has 7 nitrogen and oxygen atoms in total. The van der Waals surface area contributed by atoms with Crippen molar-refractivity contribution in [3.8, 4) is 22.5 Å². The van der Waals surface area contributed by atoms with Gasteiger partial charge in [0.15, 0.2) is 5.58 Å². The topological polar surface area (TPSA) is 110 Å². The van der Waals surface area contributed by atoms with E-state index in [2.05, 4.69) is 4.98 Å². The van der Waals surface area contributed by atoms with Crippen molar-refractivity contribution < 1.29 is 19.1 Å². The summed E-state index contributed by atoms with van der Waals surface area (Å²) in [5, 5.41) is 9.68. The minimum Gasteiger partial charge on any atom is -0.480 e. The third-order valence-electron chi connectivity index (χ3n) is 5.89. The first-order chi connectivity index (χ1) is 15.5. The number of pyridine rings is 1. The molecular formula is C25H21N3O4. The lowest BCUT2D eigenvalue weighted by molar-refractivity contribution is -0.138. The summed E-state index contributed by atoms with van der Waals surface area (Å²) in [5.74, 6) is -0.927. The molecule has 2 aromatic heterocycles. The molecule has 2 aromatic carbocycles. The van der Waals surface area contributed by atoms with Crippen molar-refractivity contribution in [3.63, 3.8) is 0 Å². The summed E-state index contributed by atoms with van der Waals surface area (Å²) >= 11 is 0. The Bertz CT molecular complexity index is 1330. The normalized spacial score (nSPS) is 15.9. The lowest BCUT2D eigenvalue weighted by Crippen LogP contribution is -2.36. The molecule has 0 spiro atoms. The molecule has 3 N–H and O–H groups in total. The predicted octanol–water partition coefficient (Wildman–Crippen LogP) is 4.31. The molecule has 1 fully saturated rings. The average molecular weight is 427 g/mol. The quantitative estimate of drug-likeness (QED) is 0.491. The zero-order valence-electron chi connectivity index (χ0n) is 17.2. The maximum atomic E-state index is 11.9. The first-order valence-corrected chi connectivity index (χ1v) is 10.4. The molecule has 0 saturated carbocycles. The number of carbonyl (C=O) groups is 2. The molecule has 4 aromatic rings. The number of rotatable bonds is 5. The van der Waals surface area contributed by atoms with E-state index in [1.165, 1.54) is 0 Å². The van der Waals surface area contributed by atoms with Crippen LogP contribution in [0.2, 0.25) is 0 Å². The van der Waals surface area contributed by atoms with E-state index in [1.807, 2.05) is 47.4 Å². The van der Waals surface area contributed by atoms with Crippen LogP contribution >= 0.6 is 0 Å². The number of aromatic nitrogens is 1. The fourth-order valence-corrected chi connectivity index (χ4v) is 4.36. The first-order valence-electron chi connectivity index (χ1n) is 10.4. The minimum absolute atomic E-state index is 0.325. The molecule has 1 amide bonds. The Balaban J connectivity index is 1.69. The van der Waals surface area contributed by atoms with Gasteiger partial charge in [-0.05, 0) is 42.7 Å². The second-order valence-electron chi connectivity index (χ2n) is 7.84. The van der Waals surface area contributed by atoms with Crippen LogP contribution in [0, 0.1) is 0 Å². The van der Waals surface area contributed by atoms with Gasteiger partial charge >= 0.3 is 5.97 Å². The zero-order valence-corrected chi connectivity index (χ0v) is 17.2. The first kappa shape index (κ1) is 19.8. The fraction of sp³-hybridized carbons (Fsp3) is 0.160. The fourth-order valence-electron chi connectivity index (χ4n) is 4.36. The van der Waals surface area contributed by atoms with Gasteiger partial charge in [0.1, 0.15) is 17.3 Å². The molecule has 1 atom stereocenters. The van der Waals surface area contributed by atoms with Gasteiger partial charge in [0, 0.05) is 41.2 Å². The number of furan rings is 1. The van der Waals surface area contributed by atoms with Gasteiger partial charge in [-0.25, -0.2) is 4.79 Å². The summed E-state index contributed by atoms with van der Waals surface area (Å²) < 4.78 is 6.28. The van der Waals surface area contributed by atoms with Crippen LogP contribution in [-0.2, 0) is 4.79 Å². The number of anilines is 1. The molecule has 5 rings (SSSR count). The number of hydrogen-bond acceptors (Lipinski definition) is 5. The third-order valence-corrected chi connectivity index (χ3v) is 5.89. The highest BCUT2D eigenvalue weighted by Crippen LogP contribution is 2.40. The van der Waals surface area contributed by atoms with Crippen LogP contribution in [0.15, 0.2) is 71.3 Å². The number of nitrogens with zero attached hydrogens (tertiary/aromatic N) is 2. The van der Waals surface area contributed by atoms with Gasteiger partial charge in [-0.3, -0.25) is 9.78 Å². The highest BCUT2D eigenvalue weighted by Gasteiger charge is 2.32. The van der Waals surface area contributed by atoms with E-state index < -0.39 is 17.9 Å². The van der Waals surface area contributed by atoms with Gasteiger partial charge in [-0.2, -0.15) is 0 Å². The largest absolute Gasteiger partial charge is 0.480 e. The van der Waals surface area contributed by atoms with Crippen molar-refractivity contribution in [3.05, 3.63) is 72.4 Å². The van der Waals surface area contributed by atoms with Crippen LogP contribution < -0.4 is 10.6 Å². The minimum atomic E-state index is -0.870. The van der Waals surface area contributed by atoms with Crippen molar-refractivity contribution in [1.82, 2.24) is 4.98 Å². The molecule has 160 valence electrons. The van der Waals surface area contributed by atoms with Crippen LogP contribution in [0.3, 0.4) is 0 Å². The molecule has 1 aliphatic heterocycles. The average Bonchev–Trinajstić information content (AvgIpc) is 3.46. The number of carbonyl (C=O) groups excluding carboxylic acids is 1. The zero-order chi connectivity index (χ0) is 22.2. The van der Waals surface area contributed by atoms with Gasteiger partial charge in [-0.15, -0.1) is 0 Å². The predicted molar refractivity (Wildman–Crippen MR) is 121 cm³/mol. The Labute approximate surface area is 184 Å². The van der Waals surface area contributed by atoms with Gasteiger partial charge in [0.25, 0.3) is 0 Å². The Morgan fingerprint density at radius 1 is 1.06 bits per heavy atom. The van der Waals surface area contributed by atoms with Gasteiger partial charge in [-0.1, -0.05) is 30.3 Å². The van der Waals surface area contributed by atoms with Crippen molar-refractivity contribution in [2.75, 3.05) is 11.4 Å². The smallest absolute Gasteiger partial charge is 0.326 e. The van der Waals surface area contributed by atoms with Crippen LogP contribution in [-0.4, -0.2) is 34.6 Å². The van der Waals surface area contributed by atoms with Crippen LogP contribution in [0.4, 0.5) is 5.69 Å². The molecule has 0 radical (unpaired) electrons. The maximum absolute atomic E-state index is 11.9. The third kappa shape index (κ3) is 3.37. The molecule has 0 unspecified atom stereocenters. The van der Waals surface area contributed by atoms with Gasteiger partial charge in [0.2, 0.25) is 5.91 Å². The molecule has 0 aliphatic carbocycles. The van der Waals surface area contributed by atoms with E-state index in [1.54, 1.807) is 24.4 Å². The number of hydrogen-bond donors (Lipinski definition) is 2. The van der Waals surface area contributed by atoms with Crippen LogP contribution in [0.5, 0.6) is 0 Å². The number of carboxylic acids is 1. The summed E-state index contributed by atoms with van der Waals surface area (Å²) in [6.45, 7) is 0.605. The number of benzene rings is 2. The Hall–Kier alpha value is -4.13. The Morgan fingerprint density at radius 3 is 2.62 bits per heavy atom. The van der Waals surface area contributed by atoms with Crippen molar-refractivity contribution in [1.29, 1.82) is 0 Å². The maximum Gasteiger partial charge on any atom is 0.326 e. The van der Waals surface area contributed by atoms with Crippen molar-refractivity contribution >= 4 is 28.7 Å². The van der Waals surface area contributed by atoms with Crippen LogP contribution in [0.25, 0.3) is 33.6 Å². The number of nitrogens with two attached hydrogens (primary N) is 1. The molecule has 7 heteroatoms.